The van der Waals surface area contributed by atoms with Crippen LogP contribution in [0.4, 0.5) is 11.4 Å². The maximum Gasteiger partial charge on any atom is 0.272 e. The Kier molecular flexibility index (Phi) is 10.9. The molecule has 1 atom stereocenters. The number of thioether (sulfide) groups is 1. The number of nitrogens with one attached hydrogen (secondary N) is 3. The molecule has 0 saturated carbocycles. The second-order valence-corrected chi connectivity index (χ2v) is 11.1. The van der Waals surface area contributed by atoms with Gasteiger partial charge in [0.15, 0.2) is 0 Å². The molecule has 0 saturated heterocycles. The summed E-state index contributed by atoms with van der Waals surface area (Å²) in [5.41, 5.74) is 2.05. The van der Waals surface area contributed by atoms with E-state index in [4.69, 9.17) is 21.1 Å². The third-order valence-electron chi connectivity index (χ3n) is 6.14. The molecule has 0 radical (unpaired) electrons. The summed E-state index contributed by atoms with van der Waals surface area (Å²) in [6.07, 6.45) is 1.54. The number of methoxy groups -OCH3 is 2. The van der Waals surface area contributed by atoms with Crippen LogP contribution in [0.1, 0.15) is 22.8 Å². The van der Waals surface area contributed by atoms with Crippen molar-refractivity contribution in [2.75, 3.05) is 24.9 Å². The van der Waals surface area contributed by atoms with Crippen LogP contribution < -0.4 is 25.4 Å². The van der Waals surface area contributed by atoms with Crippen molar-refractivity contribution in [3.05, 3.63) is 119 Å². The molecule has 0 aliphatic rings. The van der Waals surface area contributed by atoms with Gasteiger partial charge in [0.25, 0.3) is 11.8 Å². The molecule has 4 aromatic rings. The van der Waals surface area contributed by atoms with Gasteiger partial charge < -0.3 is 25.4 Å². The molecule has 43 heavy (non-hydrogen) atoms. The predicted molar refractivity (Wildman–Crippen MR) is 172 cm³/mol. The lowest BCUT2D eigenvalue weighted by atomic mass is 10.1. The number of carbonyl (C=O) groups is 3. The Balaban J connectivity index is 1.53. The highest BCUT2D eigenvalue weighted by molar-refractivity contribution is 8.00. The van der Waals surface area contributed by atoms with Gasteiger partial charge in [-0.1, -0.05) is 41.9 Å². The molecule has 3 N–H and O–H groups in total. The summed E-state index contributed by atoms with van der Waals surface area (Å²) in [6, 6.07) is 27.8. The molecular formula is C33H30ClN3O5S. The van der Waals surface area contributed by atoms with E-state index in [0.29, 0.717) is 39.0 Å². The minimum atomic E-state index is -0.545. The summed E-state index contributed by atoms with van der Waals surface area (Å²) < 4.78 is 10.8. The zero-order valence-electron chi connectivity index (χ0n) is 23.7. The Morgan fingerprint density at radius 1 is 0.814 bits per heavy atom. The van der Waals surface area contributed by atoms with Gasteiger partial charge in [0.05, 0.1) is 19.5 Å². The van der Waals surface area contributed by atoms with Crippen molar-refractivity contribution in [1.82, 2.24) is 5.32 Å². The van der Waals surface area contributed by atoms with Crippen LogP contribution in [0.2, 0.25) is 5.02 Å². The van der Waals surface area contributed by atoms with Gasteiger partial charge in [-0.05, 0) is 73.7 Å². The summed E-state index contributed by atoms with van der Waals surface area (Å²) in [6.45, 7) is 1.79. The largest absolute Gasteiger partial charge is 0.497 e. The van der Waals surface area contributed by atoms with Crippen molar-refractivity contribution >= 4 is 58.5 Å². The second kappa shape index (κ2) is 14.9. The fourth-order valence-corrected chi connectivity index (χ4v) is 5.07. The lowest BCUT2D eigenvalue weighted by Gasteiger charge is -2.15. The summed E-state index contributed by atoms with van der Waals surface area (Å²) in [4.78, 5) is 40.1. The molecule has 8 nitrogen and oxygen atoms in total. The summed E-state index contributed by atoms with van der Waals surface area (Å²) in [7, 11) is 3.05. The van der Waals surface area contributed by atoms with Crippen LogP contribution in [0, 0.1) is 0 Å². The zero-order chi connectivity index (χ0) is 30.8. The van der Waals surface area contributed by atoms with Gasteiger partial charge in [-0.25, -0.2) is 0 Å². The van der Waals surface area contributed by atoms with E-state index >= 15 is 0 Å². The van der Waals surface area contributed by atoms with Gasteiger partial charge in [0.1, 0.15) is 17.2 Å². The van der Waals surface area contributed by atoms with Gasteiger partial charge in [-0.15, -0.1) is 11.8 Å². The lowest BCUT2D eigenvalue weighted by Crippen LogP contribution is -2.30. The van der Waals surface area contributed by atoms with Crippen molar-refractivity contribution < 1.29 is 23.9 Å². The highest BCUT2D eigenvalue weighted by atomic mass is 35.5. The van der Waals surface area contributed by atoms with Gasteiger partial charge in [0, 0.05) is 38.5 Å². The molecular weight excluding hydrogens is 586 g/mol. The number of amides is 3. The minimum Gasteiger partial charge on any atom is -0.497 e. The van der Waals surface area contributed by atoms with E-state index in [-0.39, 0.29) is 11.6 Å². The summed E-state index contributed by atoms with van der Waals surface area (Å²) in [5, 5.41) is 8.53. The van der Waals surface area contributed by atoms with E-state index in [0.717, 1.165) is 4.90 Å². The number of carbonyl (C=O) groups excluding carboxylic acids is 3. The Morgan fingerprint density at radius 2 is 1.53 bits per heavy atom. The molecule has 0 aromatic heterocycles. The van der Waals surface area contributed by atoms with Crippen molar-refractivity contribution in [3.8, 4) is 11.5 Å². The molecule has 0 fully saturated rings. The smallest absolute Gasteiger partial charge is 0.272 e. The Morgan fingerprint density at radius 3 is 2.23 bits per heavy atom. The SMILES string of the molecule is COc1ccc(/C=C(/NC(=O)c2ccccc2)C(=O)Nc2cccc(SC(C)C(=O)Nc3cccc(Cl)c3)c2)c(OC)c1. The van der Waals surface area contributed by atoms with Crippen LogP contribution in [0.3, 0.4) is 0 Å². The third-order valence-corrected chi connectivity index (χ3v) is 7.46. The van der Waals surface area contributed by atoms with E-state index in [1.54, 1.807) is 105 Å². The van der Waals surface area contributed by atoms with E-state index in [1.807, 2.05) is 6.07 Å². The first-order valence-corrected chi connectivity index (χ1v) is 14.5. The molecule has 0 aliphatic carbocycles. The van der Waals surface area contributed by atoms with Crippen molar-refractivity contribution in [2.24, 2.45) is 0 Å². The van der Waals surface area contributed by atoms with Crippen LogP contribution >= 0.6 is 23.4 Å². The average Bonchev–Trinajstić information content (AvgIpc) is 3.01. The van der Waals surface area contributed by atoms with Crippen LogP contribution in [0.5, 0.6) is 11.5 Å². The van der Waals surface area contributed by atoms with E-state index in [2.05, 4.69) is 16.0 Å². The minimum absolute atomic E-state index is 0.00430. The van der Waals surface area contributed by atoms with Crippen molar-refractivity contribution in [2.45, 2.75) is 17.1 Å². The fraction of sp³-hybridized carbons (Fsp3) is 0.121. The second-order valence-electron chi connectivity index (χ2n) is 9.23. The first-order chi connectivity index (χ1) is 20.7. The number of benzene rings is 4. The highest BCUT2D eigenvalue weighted by Gasteiger charge is 2.18. The average molecular weight is 616 g/mol. The number of anilines is 2. The predicted octanol–water partition coefficient (Wildman–Crippen LogP) is 6.89. The van der Waals surface area contributed by atoms with Gasteiger partial charge >= 0.3 is 0 Å². The molecule has 10 heteroatoms. The fourth-order valence-electron chi connectivity index (χ4n) is 3.95. The summed E-state index contributed by atoms with van der Waals surface area (Å²) in [5.74, 6) is -0.140. The molecule has 0 spiro atoms. The Hall–Kier alpha value is -4.73. The molecule has 0 heterocycles. The number of hydrogen-bond donors (Lipinski definition) is 3. The normalized spacial score (nSPS) is 11.7. The van der Waals surface area contributed by atoms with Gasteiger partial charge in [0.2, 0.25) is 5.91 Å². The van der Waals surface area contributed by atoms with Crippen LogP contribution in [-0.2, 0) is 9.59 Å². The monoisotopic (exact) mass is 615 g/mol. The quantitative estimate of drug-likeness (QED) is 0.125. The highest BCUT2D eigenvalue weighted by Crippen LogP contribution is 2.29. The molecule has 0 bridgehead atoms. The van der Waals surface area contributed by atoms with E-state index in [1.165, 1.54) is 24.9 Å². The molecule has 0 aliphatic heterocycles. The van der Waals surface area contributed by atoms with Gasteiger partial charge in [-0.3, -0.25) is 14.4 Å². The molecule has 4 aromatic carbocycles. The van der Waals surface area contributed by atoms with Crippen molar-refractivity contribution in [3.63, 3.8) is 0 Å². The topological polar surface area (TPSA) is 106 Å². The Bertz CT molecular complexity index is 1640. The van der Waals surface area contributed by atoms with Crippen LogP contribution in [-0.4, -0.2) is 37.2 Å². The first-order valence-electron chi connectivity index (χ1n) is 13.2. The lowest BCUT2D eigenvalue weighted by molar-refractivity contribution is -0.115. The van der Waals surface area contributed by atoms with Crippen molar-refractivity contribution in [1.29, 1.82) is 0 Å². The standard InChI is InChI=1S/C33H30ClN3O5S/c1-21(31(38)35-25-12-7-11-24(34)18-25)43-28-14-8-13-26(19-28)36-33(40)29(37-32(39)22-9-5-4-6-10-22)17-23-15-16-27(41-2)20-30(23)42-3/h4-21H,1-3H3,(H,35,38)(H,36,40)(H,37,39)/b29-17+. The number of halogens is 1. The molecule has 1 unspecified atom stereocenters. The number of ether oxygens (including phenoxy) is 2. The molecule has 4 rings (SSSR count). The first kappa shape index (κ1) is 31.2. The van der Waals surface area contributed by atoms with Crippen LogP contribution in [0.25, 0.3) is 6.08 Å². The molecule has 3 amide bonds. The maximum absolute atomic E-state index is 13.5. The number of hydrogen-bond acceptors (Lipinski definition) is 6. The van der Waals surface area contributed by atoms with Gasteiger partial charge in [-0.2, -0.15) is 0 Å². The zero-order valence-corrected chi connectivity index (χ0v) is 25.3. The Labute approximate surface area is 259 Å². The van der Waals surface area contributed by atoms with E-state index < -0.39 is 17.1 Å². The number of rotatable bonds is 11. The summed E-state index contributed by atoms with van der Waals surface area (Å²) >= 11 is 7.36. The molecule has 220 valence electrons. The van der Waals surface area contributed by atoms with E-state index in [9.17, 15) is 14.4 Å². The third kappa shape index (κ3) is 8.88. The van der Waals surface area contributed by atoms with Crippen LogP contribution in [0.15, 0.2) is 108 Å². The maximum atomic E-state index is 13.5.